The molecule has 50 heavy (non-hydrogen) atoms. The Morgan fingerprint density at radius 3 is 1.52 bits per heavy atom. The van der Waals surface area contributed by atoms with Gasteiger partial charge in [0.15, 0.2) is 0 Å². The number of phenols is 2. The number of hydrogen-bond acceptors (Lipinski definition) is 16. The van der Waals surface area contributed by atoms with E-state index >= 15 is 0 Å². The number of anilines is 2. The zero-order valence-corrected chi connectivity index (χ0v) is 27.6. The van der Waals surface area contributed by atoms with E-state index in [9.17, 15) is 45.7 Å². The third-order valence-corrected chi connectivity index (χ3v) is 9.53. The molecule has 0 saturated heterocycles. The summed E-state index contributed by atoms with van der Waals surface area (Å²) in [5, 5.41) is 50.3. The van der Waals surface area contributed by atoms with E-state index in [-0.39, 0.29) is 53.8 Å². The van der Waals surface area contributed by atoms with Gasteiger partial charge >= 0.3 is 0 Å². The van der Waals surface area contributed by atoms with E-state index in [0.717, 1.165) is 36.4 Å². The van der Waals surface area contributed by atoms with Crippen molar-refractivity contribution >= 4 is 89.1 Å². The minimum absolute atomic E-state index is 0.00941. The van der Waals surface area contributed by atoms with E-state index in [0.29, 0.717) is 24.1 Å². The lowest BCUT2D eigenvalue weighted by molar-refractivity contribution is -0.432. The third-order valence-electron chi connectivity index (χ3n) is 6.75. The molecule has 22 heteroatoms. The first-order chi connectivity index (χ1) is 23.6. The Kier molecular flexibility index (Phi) is 10.8. The molecule has 0 fully saturated rings. The first-order valence-corrected chi connectivity index (χ1v) is 17.5. The van der Waals surface area contributed by atoms with Crippen LogP contribution < -0.4 is 10.6 Å². The second-order valence-corrected chi connectivity index (χ2v) is 14.3. The van der Waals surface area contributed by atoms with E-state index in [1.807, 2.05) is 0 Å². The van der Waals surface area contributed by atoms with E-state index in [1.165, 1.54) is 36.4 Å². The highest BCUT2D eigenvalue weighted by Crippen LogP contribution is 2.40. The fourth-order valence-corrected chi connectivity index (χ4v) is 6.74. The van der Waals surface area contributed by atoms with Crippen molar-refractivity contribution < 1.29 is 75.0 Å². The minimum atomic E-state index is -4.82. The Hall–Kier alpha value is -4.56. The standard InChI is InChI=1S/C28H20N2O16S4/c31-23-10-18(48-46-44-36)6-16-7-19(49(37,38)39)11-22(26(16)23)30-28(34)14-3-1-2-13(4-14)27(33)29-21-9-17(47-45-43-35)5-15-8-20(50(40,41)42)12-24(32)25(15)21/h1-12,31-32,35-36H,(H,29,33)(H,30,34)(H,37,38,39)(H,40,41,42). The van der Waals surface area contributed by atoms with Gasteiger partial charge in [-0.25, -0.2) is 10.5 Å². The van der Waals surface area contributed by atoms with Crippen molar-refractivity contribution in [2.75, 3.05) is 10.6 Å². The summed E-state index contributed by atoms with van der Waals surface area (Å²) in [6.45, 7) is 0. The van der Waals surface area contributed by atoms with Crippen LogP contribution in [0, 0.1) is 0 Å². The predicted octanol–water partition coefficient (Wildman–Crippen LogP) is 5.26. The van der Waals surface area contributed by atoms with Crippen LogP contribution >= 0.6 is 24.1 Å². The van der Waals surface area contributed by atoms with Crippen LogP contribution in [0.3, 0.4) is 0 Å². The zero-order valence-electron chi connectivity index (χ0n) is 24.3. The van der Waals surface area contributed by atoms with Crippen LogP contribution in [0.4, 0.5) is 11.4 Å². The highest BCUT2D eigenvalue weighted by molar-refractivity contribution is 7.94. The number of carbonyl (C=O) groups is 2. The average molecular weight is 769 g/mol. The molecule has 18 nitrogen and oxygen atoms in total. The van der Waals surface area contributed by atoms with E-state index in [1.54, 1.807) is 0 Å². The largest absolute Gasteiger partial charge is 0.507 e. The zero-order chi connectivity index (χ0) is 36.4. The van der Waals surface area contributed by atoms with Gasteiger partial charge in [-0.15, -0.1) is 8.67 Å². The Bertz CT molecular complexity index is 2390. The van der Waals surface area contributed by atoms with Gasteiger partial charge in [-0.3, -0.25) is 18.7 Å². The van der Waals surface area contributed by atoms with Crippen molar-refractivity contribution in [3.8, 4) is 11.5 Å². The van der Waals surface area contributed by atoms with Crippen LogP contribution in [0.2, 0.25) is 0 Å². The number of aromatic hydroxyl groups is 2. The molecule has 8 N–H and O–H groups in total. The minimum Gasteiger partial charge on any atom is -0.507 e. The van der Waals surface area contributed by atoms with Crippen molar-refractivity contribution in [1.29, 1.82) is 0 Å². The number of hydrogen-bond donors (Lipinski definition) is 8. The number of rotatable bonds is 12. The summed E-state index contributed by atoms with van der Waals surface area (Å²) < 4.78 is 75.4. The average Bonchev–Trinajstić information content (AvgIpc) is 3.05. The number of fused-ring (bicyclic) bond motifs is 2. The van der Waals surface area contributed by atoms with Crippen LogP contribution in [0.15, 0.2) is 92.4 Å². The Labute approximate surface area is 288 Å². The second-order valence-electron chi connectivity index (χ2n) is 9.91. The van der Waals surface area contributed by atoms with Crippen LogP contribution in [-0.4, -0.2) is 58.5 Å². The van der Waals surface area contributed by atoms with Gasteiger partial charge in [-0.05, 0) is 71.4 Å². The lowest BCUT2D eigenvalue weighted by Crippen LogP contribution is -2.16. The normalized spacial score (nSPS) is 11.9. The number of nitrogens with one attached hydrogen (secondary N) is 2. The van der Waals surface area contributed by atoms with Gasteiger partial charge in [0.05, 0.1) is 45.3 Å². The van der Waals surface area contributed by atoms with Gasteiger partial charge in [0.1, 0.15) is 11.5 Å². The Morgan fingerprint density at radius 1 is 0.600 bits per heavy atom. The van der Waals surface area contributed by atoms with Gasteiger partial charge in [0, 0.05) is 37.8 Å². The SMILES string of the molecule is O=C(Nc1cc(SOOO)cc2cc(S(=O)(=O)O)cc(O)c12)c1cccc(C(=O)Nc2cc(S(=O)(=O)O)cc3cc(SOOO)cc(O)c23)c1. The third kappa shape index (κ3) is 8.24. The molecule has 0 unspecified atom stereocenters. The highest BCUT2D eigenvalue weighted by Gasteiger charge is 2.21. The molecule has 0 saturated carbocycles. The summed E-state index contributed by atoms with van der Waals surface area (Å²) in [7, 11) is -9.58. The number of benzene rings is 5. The summed E-state index contributed by atoms with van der Waals surface area (Å²) in [6, 6.07) is 13.8. The van der Waals surface area contributed by atoms with Crippen LogP contribution in [-0.2, 0) is 39.0 Å². The van der Waals surface area contributed by atoms with Crippen molar-refractivity contribution in [3.63, 3.8) is 0 Å². The van der Waals surface area contributed by atoms with Gasteiger partial charge in [-0.2, -0.15) is 16.8 Å². The summed E-state index contributed by atoms with van der Waals surface area (Å²) >= 11 is 0.893. The molecule has 2 amide bonds. The Morgan fingerprint density at radius 2 is 1.04 bits per heavy atom. The molecule has 5 aromatic carbocycles. The second kappa shape index (κ2) is 14.7. The van der Waals surface area contributed by atoms with E-state index in [4.69, 9.17) is 10.5 Å². The maximum atomic E-state index is 13.4. The molecule has 5 rings (SSSR count). The molecule has 0 aliphatic rings. The maximum Gasteiger partial charge on any atom is 0.294 e. The summed E-state index contributed by atoms with van der Waals surface area (Å²) in [5.41, 5.74) is -0.590. The molecule has 0 atom stereocenters. The van der Waals surface area contributed by atoms with Crippen molar-refractivity contribution in [2.45, 2.75) is 19.6 Å². The van der Waals surface area contributed by atoms with Gasteiger partial charge in [0.2, 0.25) is 0 Å². The number of carbonyl (C=O) groups excluding carboxylic acids is 2. The van der Waals surface area contributed by atoms with Crippen molar-refractivity contribution in [3.05, 3.63) is 83.9 Å². The summed E-state index contributed by atoms with van der Waals surface area (Å²) in [5.74, 6) is -2.83. The van der Waals surface area contributed by atoms with Crippen molar-refractivity contribution in [2.24, 2.45) is 0 Å². The lowest BCUT2D eigenvalue weighted by atomic mass is 10.1. The fraction of sp³-hybridized carbons (Fsp3) is 0. The molecular weight excluding hydrogens is 749 g/mol. The quantitative estimate of drug-likeness (QED) is 0.0348. The van der Waals surface area contributed by atoms with Crippen LogP contribution in [0.25, 0.3) is 21.5 Å². The Balaban J connectivity index is 1.49. The number of amides is 2. The molecule has 5 aromatic rings. The van der Waals surface area contributed by atoms with Crippen LogP contribution in [0.5, 0.6) is 11.5 Å². The molecule has 0 heterocycles. The number of phenolic OH excluding ortho intramolecular Hbond substituents is 2. The smallest absolute Gasteiger partial charge is 0.294 e. The predicted molar refractivity (Wildman–Crippen MR) is 175 cm³/mol. The molecule has 0 aliphatic carbocycles. The highest BCUT2D eigenvalue weighted by atomic mass is 32.2. The van der Waals surface area contributed by atoms with E-state index in [2.05, 4.69) is 29.4 Å². The molecule has 262 valence electrons. The first kappa shape index (κ1) is 36.7. The van der Waals surface area contributed by atoms with Gasteiger partial charge < -0.3 is 20.8 Å². The van der Waals surface area contributed by atoms with Gasteiger partial charge in [-0.1, -0.05) is 16.1 Å². The van der Waals surface area contributed by atoms with Crippen molar-refractivity contribution in [1.82, 2.24) is 0 Å². The first-order valence-electron chi connectivity index (χ1n) is 13.2. The molecule has 0 radical (unpaired) electrons. The molecule has 0 bridgehead atoms. The molecule has 0 aromatic heterocycles. The molecular formula is C28H20N2O16S4. The lowest BCUT2D eigenvalue weighted by Gasteiger charge is -2.14. The van der Waals surface area contributed by atoms with E-state index < -0.39 is 53.3 Å². The summed E-state index contributed by atoms with van der Waals surface area (Å²) in [4.78, 5) is 25.8. The summed E-state index contributed by atoms with van der Waals surface area (Å²) in [6.07, 6.45) is 0. The van der Waals surface area contributed by atoms with Gasteiger partial charge in [0.25, 0.3) is 32.1 Å². The molecule has 0 spiro atoms. The van der Waals surface area contributed by atoms with Crippen LogP contribution in [0.1, 0.15) is 20.7 Å². The monoisotopic (exact) mass is 768 g/mol. The maximum absolute atomic E-state index is 13.4. The fourth-order valence-electron chi connectivity index (χ4n) is 4.77. The topological polar surface area (TPSA) is 285 Å². The molecule has 0 aliphatic heterocycles.